The molecule has 0 unspecified atom stereocenters. The Morgan fingerprint density at radius 1 is 0.913 bits per heavy atom. The van der Waals surface area contributed by atoms with Crippen LogP contribution in [0.5, 0.6) is 0 Å². The van der Waals surface area contributed by atoms with Gasteiger partial charge in [-0.3, -0.25) is 0 Å². The predicted molar refractivity (Wildman–Crippen MR) is 107 cm³/mol. The van der Waals surface area contributed by atoms with Crippen LogP contribution < -0.4 is 11.1 Å². The lowest BCUT2D eigenvalue weighted by Gasteiger charge is -2.01. The zero-order chi connectivity index (χ0) is 17.5. The van der Waals surface area contributed by atoms with Crippen molar-refractivity contribution in [2.45, 2.75) is 40.8 Å². The molecule has 0 aliphatic heterocycles. The summed E-state index contributed by atoms with van der Waals surface area (Å²) in [5.74, 6) is 0. The third kappa shape index (κ3) is 12.0. The summed E-state index contributed by atoms with van der Waals surface area (Å²) in [6.45, 7) is 11.0. The Balaban J connectivity index is 0.000000365. The van der Waals surface area contributed by atoms with Gasteiger partial charge in [-0.25, -0.2) is 0 Å². The van der Waals surface area contributed by atoms with Crippen molar-refractivity contribution in [2.24, 2.45) is 5.73 Å². The molecule has 0 radical (unpaired) electrons. The van der Waals surface area contributed by atoms with E-state index in [2.05, 4.69) is 78.4 Å². The van der Waals surface area contributed by atoms with E-state index in [4.69, 9.17) is 5.73 Å². The summed E-state index contributed by atoms with van der Waals surface area (Å²) in [4.78, 5) is 0. The van der Waals surface area contributed by atoms with E-state index in [1.807, 2.05) is 19.1 Å². The van der Waals surface area contributed by atoms with Crippen molar-refractivity contribution in [2.75, 3.05) is 11.9 Å². The Kier molecular flexibility index (Phi) is 13.7. The molecule has 0 atom stereocenters. The second kappa shape index (κ2) is 14.4. The average Bonchev–Trinajstić information content (AvgIpc) is 2.54. The number of benzene rings is 2. The van der Waals surface area contributed by atoms with E-state index >= 15 is 0 Å². The van der Waals surface area contributed by atoms with Crippen LogP contribution in [-0.2, 0) is 13.1 Å². The van der Waals surface area contributed by atoms with Crippen molar-refractivity contribution in [3.05, 3.63) is 70.8 Å². The molecule has 3 heteroatoms. The molecule has 3 N–H and O–H groups in total. The Labute approximate surface area is 150 Å². The van der Waals surface area contributed by atoms with E-state index in [9.17, 15) is 0 Å². The number of hydrogen-bond donors (Lipinski definition) is 2. The van der Waals surface area contributed by atoms with E-state index in [1.54, 1.807) is 0 Å². The van der Waals surface area contributed by atoms with Crippen molar-refractivity contribution < 1.29 is 0 Å². The van der Waals surface area contributed by atoms with Gasteiger partial charge in [-0.2, -0.15) is 0 Å². The molecule has 0 aromatic heterocycles. The SMILES string of the molecule is CCBr.CCNCc1cccc(C)c1.Cc1cccc(CN)c1. The summed E-state index contributed by atoms with van der Waals surface area (Å²) in [6, 6.07) is 16.8. The maximum atomic E-state index is 5.42. The van der Waals surface area contributed by atoms with Gasteiger partial charge in [-0.05, 0) is 31.5 Å². The van der Waals surface area contributed by atoms with Gasteiger partial charge in [0.1, 0.15) is 0 Å². The summed E-state index contributed by atoms with van der Waals surface area (Å²) in [7, 11) is 0. The zero-order valence-corrected chi connectivity index (χ0v) is 16.5. The molecule has 0 aliphatic carbocycles. The minimum atomic E-state index is 0.641. The molecule has 0 amide bonds. The van der Waals surface area contributed by atoms with Gasteiger partial charge in [0.15, 0.2) is 0 Å². The van der Waals surface area contributed by atoms with Crippen molar-refractivity contribution in [1.82, 2.24) is 5.32 Å². The van der Waals surface area contributed by atoms with Gasteiger partial charge in [-0.1, -0.05) is 89.4 Å². The molecule has 0 spiro atoms. The molecule has 0 heterocycles. The summed E-state index contributed by atoms with van der Waals surface area (Å²) >= 11 is 3.15. The molecule has 2 aromatic rings. The fourth-order valence-electron chi connectivity index (χ4n) is 1.93. The van der Waals surface area contributed by atoms with Crippen LogP contribution in [0, 0.1) is 13.8 Å². The first-order chi connectivity index (χ1) is 11.1. The Bertz CT molecular complexity index is 527. The second-order valence-corrected chi connectivity index (χ2v) is 6.35. The van der Waals surface area contributed by atoms with Gasteiger partial charge in [-0.15, -0.1) is 0 Å². The number of nitrogens with two attached hydrogens (primary N) is 1. The van der Waals surface area contributed by atoms with Gasteiger partial charge >= 0.3 is 0 Å². The summed E-state index contributed by atoms with van der Waals surface area (Å²) in [6.07, 6.45) is 0. The molecule has 0 saturated carbocycles. The minimum Gasteiger partial charge on any atom is -0.326 e. The normalized spacial score (nSPS) is 9.30. The van der Waals surface area contributed by atoms with Gasteiger partial charge in [0.25, 0.3) is 0 Å². The largest absolute Gasteiger partial charge is 0.326 e. The molecule has 2 rings (SSSR count). The van der Waals surface area contributed by atoms with E-state index < -0.39 is 0 Å². The first kappa shape index (κ1) is 21.8. The van der Waals surface area contributed by atoms with Crippen LogP contribution in [0.15, 0.2) is 48.5 Å². The minimum absolute atomic E-state index is 0.641. The fraction of sp³-hybridized carbons (Fsp3) is 0.400. The van der Waals surface area contributed by atoms with Crippen LogP contribution in [0.3, 0.4) is 0 Å². The average molecular weight is 379 g/mol. The van der Waals surface area contributed by atoms with E-state index in [-0.39, 0.29) is 0 Å². The zero-order valence-electron chi connectivity index (χ0n) is 14.9. The molecule has 23 heavy (non-hydrogen) atoms. The summed E-state index contributed by atoms with van der Waals surface area (Å²) < 4.78 is 0. The fourth-order valence-corrected chi connectivity index (χ4v) is 1.93. The number of aryl methyl sites for hydroxylation is 2. The molecule has 0 fully saturated rings. The molecule has 0 aliphatic rings. The van der Waals surface area contributed by atoms with Crippen molar-refractivity contribution in [3.63, 3.8) is 0 Å². The summed E-state index contributed by atoms with van der Waals surface area (Å²) in [5.41, 5.74) is 10.6. The van der Waals surface area contributed by atoms with Crippen LogP contribution in [0.1, 0.15) is 36.1 Å². The Morgan fingerprint density at radius 2 is 1.39 bits per heavy atom. The number of nitrogens with one attached hydrogen (secondary N) is 1. The van der Waals surface area contributed by atoms with Gasteiger partial charge in [0.2, 0.25) is 0 Å². The van der Waals surface area contributed by atoms with Crippen molar-refractivity contribution in [3.8, 4) is 0 Å². The molecular weight excluding hydrogens is 348 g/mol. The topological polar surface area (TPSA) is 38.0 Å². The van der Waals surface area contributed by atoms with Crippen LogP contribution in [0.25, 0.3) is 0 Å². The molecular formula is C20H31BrN2. The Morgan fingerprint density at radius 3 is 1.78 bits per heavy atom. The Hall–Kier alpha value is -1.16. The lowest BCUT2D eigenvalue weighted by Crippen LogP contribution is -2.11. The lowest BCUT2D eigenvalue weighted by atomic mass is 10.1. The van der Waals surface area contributed by atoms with Crippen LogP contribution in [-0.4, -0.2) is 11.9 Å². The quantitative estimate of drug-likeness (QED) is 0.737. The van der Waals surface area contributed by atoms with E-state index in [0.29, 0.717) is 6.54 Å². The predicted octanol–water partition coefficient (Wildman–Crippen LogP) is 4.96. The van der Waals surface area contributed by atoms with Crippen LogP contribution in [0.4, 0.5) is 0 Å². The van der Waals surface area contributed by atoms with Gasteiger partial charge in [0, 0.05) is 18.4 Å². The number of rotatable bonds is 4. The third-order valence-electron chi connectivity index (χ3n) is 2.98. The maximum absolute atomic E-state index is 5.42. The smallest absolute Gasteiger partial charge is 0.0205 e. The number of halogens is 1. The highest BCUT2D eigenvalue weighted by molar-refractivity contribution is 9.09. The first-order valence-electron chi connectivity index (χ1n) is 8.15. The highest BCUT2D eigenvalue weighted by Gasteiger charge is 1.89. The highest BCUT2D eigenvalue weighted by atomic mass is 79.9. The summed E-state index contributed by atoms with van der Waals surface area (Å²) in [5, 5.41) is 4.35. The van der Waals surface area contributed by atoms with Crippen LogP contribution >= 0.6 is 15.9 Å². The molecule has 128 valence electrons. The van der Waals surface area contributed by atoms with Crippen LogP contribution in [0.2, 0.25) is 0 Å². The highest BCUT2D eigenvalue weighted by Crippen LogP contribution is 2.03. The molecule has 0 saturated heterocycles. The lowest BCUT2D eigenvalue weighted by molar-refractivity contribution is 0.726. The van der Waals surface area contributed by atoms with Gasteiger partial charge < -0.3 is 11.1 Å². The van der Waals surface area contributed by atoms with E-state index in [0.717, 1.165) is 18.4 Å². The number of alkyl halides is 1. The first-order valence-corrected chi connectivity index (χ1v) is 9.27. The number of hydrogen-bond acceptors (Lipinski definition) is 2. The van der Waals surface area contributed by atoms with Crippen molar-refractivity contribution in [1.29, 1.82) is 0 Å². The maximum Gasteiger partial charge on any atom is 0.0205 e. The monoisotopic (exact) mass is 378 g/mol. The van der Waals surface area contributed by atoms with E-state index in [1.165, 1.54) is 22.3 Å². The van der Waals surface area contributed by atoms with Crippen molar-refractivity contribution >= 4 is 15.9 Å². The van der Waals surface area contributed by atoms with Gasteiger partial charge in [0.05, 0.1) is 0 Å². The molecule has 2 aromatic carbocycles. The molecule has 0 bridgehead atoms. The third-order valence-corrected chi connectivity index (χ3v) is 2.98. The molecule has 2 nitrogen and oxygen atoms in total. The second-order valence-electron chi connectivity index (χ2n) is 5.23. The standard InChI is InChI=1S/C10H15N.C8H11N.C2H5Br/c1-3-11-8-10-6-4-5-9(2)7-10;1-7-3-2-4-8(5-7)6-9;1-2-3/h4-7,11H,3,8H2,1-2H3;2-5H,6,9H2,1H3;2H2,1H3.